The minimum atomic E-state index is -3.54. The molecule has 2 N–H and O–H groups in total. The van der Waals surface area contributed by atoms with Crippen molar-refractivity contribution < 1.29 is 13.2 Å². The molecule has 0 fully saturated rings. The molecule has 2 aromatic heterocycles. The second kappa shape index (κ2) is 8.53. The topological polar surface area (TPSA) is 122 Å². The highest BCUT2D eigenvalue weighted by atomic mass is 32.2. The number of benzene rings is 1. The number of rotatable bonds is 8. The number of aryl methyl sites for hydroxylation is 2. The number of sulfonamides is 1. The Labute approximate surface area is 169 Å². The standard InChI is InChI=1S/C18H23N7O3S/c1-4-25-16-6-5-14(29(27,28)24(2)3)9-15(16)21-17(25)7-8-18(26)23-22-13-10-19-12-20-11-13/h5-6,9-12,22H,4,7-8H2,1-3H3,(H,23,26). The van der Waals surface area contributed by atoms with E-state index in [-0.39, 0.29) is 17.2 Å². The smallest absolute Gasteiger partial charge is 0.242 e. The number of carbonyl (C=O) groups is 1. The van der Waals surface area contributed by atoms with Gasteiger partial charge in [0.15, 0.2) is 0 Å². The first-order valence-corrected chi connectivity index (χ1v) is 10.5. The third kappa shape index (κ3) is 4.51. The molecule has 2 heterocycles. The predicted octanol–water partition coefficient (Wildman–Crippen LogP) is 1.17. The van der Waals surface area contributed by atoms with E-state index in [1.165, 1.54) is 24.7 Å². The van der Waals surface area contributed by atoms with Crippen molar-refractivity contribution in [2.75, 3.05) is 19.5 Å². The lowest BCUT2D eigenvalue weighted by Crippen LogP contribution is -2.29. The summed E-state index contributed by atoms with van der Waals surface area (Å²) < 4.78 is 27.9. The molecule has 1 amide bonds. The van der Waals surface area contributed by atoms with Crippen molar-refractivity contribution in [1.82, 2.24) is 29.3 Å². The summed E-state index contributed by atoms with van der Waals surface area (Å²) in [4.78, 5) is 24.6. The van der Waals surface area contributed by atoms with Crippen LogP contribution in [0.15, 0.2) is 41.8 Å². The van der Waals surface area contributed by atoms with Crippen LogP contribution in [0.2, 0.25) is 0 Å². The normalized spacial score (nSPS) is 11.7. The maximum absolute atomic E-state index is 12.4. The Morgan fingerprint density at radius 3 is 2.59 bits per heavy atom. The van der Waals surface area contributed by atoms with E-state index in [4.69, 9.17) is 0 Å². The number of hydrogen-bond acceptors (Lipinski definition) is 7. The first-order valence-electron chi connectivity index (χ1n) is 9.04. The molecule has 0 radical (unpaired) electrons. The Morgan fingerprint density at radius 2 is 1.93 bits per heavy atom. The zero-order chi connectivity index (χ0) is 21.0. The number of anilines is 1. The van der Waals surface area contributed by atoms with E-state index in [0.717, 1.165) is 11.3 Å². The van der Waals surface area contributed by atoms with Crippen LogP contribution in [0.1, 0.15) is 19.2 Å². The van der Waals surface area contributed by atoms with Crippen LogP contribution in [0, 0.1) is 0 Å². The number of hydrogen-bond donors (Lipinski definition) is 2. The maximum atomic E-state index is 12.4. The SMILES string of the molecule is CCn1c(CCC(=O)NNc2cncnc2)nc2cc(S(=O)(=O)N(C)C)ccc21. The van der Waals surface area contributed by atoms with Gasteiger partial charge in [-0.25, -0.2) is 27.7 Å². The van der Waals surface area contributed by atoms with Gasteiger partial charge in [-0.05, 0) is 25.1 Å². The van der Waals surface area contributed by atoms with E-state index in [9.17, 15) is 13.2 Å². The van der Waals surface area contributed by atoms with E-state index in [1.807, 2.05) is 11.5 Å². The zero-order valence-corrected chi connectivity index (χ0v) is 17.3. The number of fused-ring (bicyclic) bond motifs is 1. The van der Waals surface area contributed by atoms with E-state index in [2.05, 4.69) is 25.8 Å². The average molecular weight is 417 g/mol. The van der Waals surface area contributed by atoms with Gasteiger partial charge >= 0.3 is 0 Å². The molecule has 3 aromatic rings. The number of nitrogens with zero attached hydrogens (tertiary/aromatic N) is 5. The molecule has 0 bridgehead atoms. The lowest BCUT2D eigenvalue weighted by Gasteiger charge is -2.11. The van der Waals surface area contributed by atoms with Gasteiger partial charge in [-0.1, -0.05) is 0 Å². The van der Waals surface area contributed by atoms with Crippen LogP contribution in [0.25, 0.3) is 11.0 Å². The van der Waals surface area contributed by atoms with Crippen LogP contribution in [0.5, 0.6) is 0 Å². The number of nitrogens with one attached hydrogen (secondary N) is 2. The highest BCUT2D eigenvalue weighted by Crippen LogP contribution is 2.22. The summed E-state index contributed by atoms with van der Waals surface area (Å²) in [5.74, 6) is 0.513. The number of amides is 1. The molecule has 3 rings (SSSR count). The number of imidazole rings is 1. The Kier molecular flexibility index (Phi) is 6.09. The van der Waals surface area contributed by atoms with Gasteiger partial charge < -0.3 is 4.57 Å². The fourth-order valence-electron chi connectivity index (χ4n) is 2.87. The number of hydrazine groups is 1. The van der Waals surface area contributed by atoms with Crippen molar-refractivity contribution in [3.05, 3.63) is 42.7 Å². The summed E-state index contributed by atoms with van der Waals surface area (Å²) in [6.45, 7) is 2.64. The van der Waals surface area contributed by atoms with Crippen molar-refractivity contribution >= 4 is 32.7 Å². The van der Waals surface area contributed by atoms with Crippen LogP contribution < -0.4 is 10.9 Å². The predicted molar refractivity (Wildman–Crippen MR) is 108 cm³/mol. The maximum Gasteiger partial charge on any atom is 0.242 e. The summed E-state index contributed by atoms with van der Waals surface area (Å²) in [5, 5.41) is 0. The monoisotopic (exact) mass is 417 g/mol. The van der Waals surface area contributed by atoms with Crippen molar-refractivity contribution in [2.45, 2.75) is 31.2 Å². The third-order valence-corrected chi connectivity index (χ3v) is 6.19. The van der Waals surface area contributed by atoms with Gasteiger partial charge in [0.2, 0.25) is 15.9 Å². The Balaban J connectivity index is 1.74. The van der Waals surface area contributed by atoms with Gasteiger partial charge in [0, 0.05) is 33.5 Å². The van der Waals surface area contributed by atoms with Crippen molar-refractivity contribution in [3.63, 3.8) is 0 Å². The molecule has 0 saturated heterocycles. The quantitative estimate of drug-likeness (QED) is 0.528. The van der Waals surface area contributed by atoms with Crippen LogP contribution in [0.4, 0.5) is 5.69 Å². The fraction of sp³-hybridized carbons (Fsp3) is 0.333. The molecule has 29 heavy (non-hydrogen) atoms. The summed E-state index contributed by atoms with van der Waals surface area (Å²) in [7, 11) is -0.557. The fourth-order valence-corrected chi connectivity index (χ4v) is 3.79. The molecular formula is C18H23N7O3S. The molecule has 0 aliphatic carbocycles. The van der Waals surface area contributed by atoms with Crippen molar-refractivity contribution in [1.29, 1.82) is 0 Å². The molecule has 11 heteroatoms. The Bertz CT molecular complexity index is 1110. The molecule has 0 atom stereocenters. The van der Waals surface area contributed by atoms with E-state index < -0.39 is 10.0 Å². The number of carbonyl (C=O) groups excluding carboxylic acids is 1. The van der Waals surface area contributed by atoms with Gasteiger partial charge in [0.25, 0.3) is 0 Å². The Morgan fingerprint density at radius 1 is 1.21 bits per heavy atom. The highest BCUT2D eigenvalue weighted by molar-refractivity contribution is 7.89. The molecule has 0 saturated carbocycles. The van der Waals surface area contributed by atoms with E-state index in [0.29, 0.717) is 24.2 Å². The third-order valence-electron chi connectivity index (χ3n) is 4.38. The summed E-state index contributed by atoms with van der Waals surface area (Å²) in [6, 6.07) is 4.90. The molecule has 154 valence electrons. The molecule has 0 aliphatic heterocycles. The Hall–Kier alpha value is -3.05. The summed E-state index contributed by atoms with van der Waals surface area (Å²) >= 11 is 0. The molecular weight excluding hydrogens is 394 g/mol. The second-order valence-corrected chi connectivity index (χ2v) is 8.66. The van der Waals surface area contributed by atoms with Crippen LogP contribution in [-0.4, -0.2) is 52.2 Å². The van der Waals surface area contributed by atoms with Gasteiger partial charge in [0.1, 0.15) is 12.2 Å². The average Bonchev–Trinajstić information content (AvgIpc) is 3.08. The lowest BCUT2D eigenvalue weighted by atomic mass is 10.3. The molecule has 1 aromatic carbocycles. The minimum absolute atomic E-state index is 0.189. The lowest BCUT2D eigenvalue weighted by molar-refractivity contribution is -0.120. The summed E-state index contributed by atoms with van der Waals surface area (Å²) in [5.41, 5.74) is 7.34. The van der Waals surface area contributed by atoms with Gasteiger partial charge in [-0.2, -0.15) is 0 Å². The number of aromatic nitrogens is 4. The minimum Gasteiger partial charge on any atom is -0.328 e. The first kappa shape index (κ1) is 20.7. The van der Waals surface area contributed by atoms with Crippen LogP contribution in [-0.2, 0) is 27.8 Å². The summed E-state index contributed by atoms with van der Waals surface area (Å²) in [6.07, 6.45) is 5.12. The van der Waals surface area contributed by atoms with Crippen LogP contribution in [0.3, 0.4) is 0 Å². The molecule has 10 nitrogen and oxygen atoms in total. The van der Waals surface area contributed by atoms with E-state index in [1.54, 1.807) is 30.6 Å². The van der Waals surface area contributed by atoms with Gasteiger partial charge in [0.05, 0.1) is 34.0 Å². The van der Waals surface area contributed by atoms with Crippen molar-refractivity contribution in [3.8, 4) is 0 Å². The van der Waals surface area contributed by atoms with E-state index >= 15 is 0 Å². The van der Waals surface area contributed by atoms with Crippen LogP contribution >= 0.6 is 0 Å². The molecule has 0 spiro atoms. The first-order chi connectivity index (χ1) is 13.8. The van der Waals surface area contributed by atoms with Gasteiger partial charge in [-0.3, -0.25) is 15.6 Å². The highest BCUT2D eigenvalue weighted by Gasteiger charge is 2.19. The largest absolute Gasteiger partial charge is 0.328 e. The van der Waals surface area contributed by atoms with Gasteiger partial charge in [-0.15, -0.1) is 0 Å². The second-order valence-electron chi connectivity index (χ2n) is 6.51. The zero-order valence-electron chi connectivity index (χ0n) is 16.5. The molecule has 0 unspecified atom stereocenters. The van der Waals surface area contributed by atoms with Crippen molar-refractivity contribution in [2.24, 2.45) is 0 Å². The molecule has 0 aliphatic rings.